The number of hydrogen-bond acceptors (Lipinski definition) is 8. The number of amidine groups is 1. The van der Waals surface area contributed by atoms with Crippen LogP contribution in [0.5, 0.6) is 0 Å². The first-order chi connectivity index (χ1) is 15.2. The van der Waals surface area contributed by atoms with Gasteiger partial charge in [0.15, 0.2) is 5.17 Å². The number of aliphatic imine (C=N–C) groups is 1. The second-order valence-electron chi connectivity index (χ2n) is 6.87. The van der Waals surface area contributed by atoms with Gasteiger partial charge in [-0.3, -0.25) is 4.90 Å². The number of furan rings is 1. The molecule has 32 heavy (non-hydrogen) atoms. The van der Waals surface area contributed by atoms with Crippen LogP contribution in [0.3, 0.4) is 0 Å². The average molecular weight is 460 g/mol. The van der Waals surface area contributed by atoms with Gasteiger partial charge in [-0.2, -0.15) is 18.4 Å². The molecule has 0 unspecified atom stereocenters. The van der Waals surface area contributed by atoms with Crippen LogP contribution in [0.1, 0.15) is 24.3 Å². The van der Waals surface area contributed by atoms with Crippen LogP contribution in [0.15, 0.2) is 67.8 Å². The number of ether oxygens (including phenoxy) is 1. The molecule has 1 aromatic carbocycles. The average Bonchev–Trinajstić information content (AvgIpc) is 3.36. The molecule has 1 atom stereocenters. The fourth-order valence-electron chi connectivity index (χ4n) is 3.48. The van der Waals surface area contributed by atoms with E-state index in [0.717, 1.165) is 23.9 Å². The number of carbonyl (C=O) groups is 1. The summed E-state index contributed by atoms with van der Waals surface area (Å²) in [6.45, 7) is 1.61. The van der Waals surface area contributed by atoms with Crippen molar-refractivity contribution in [1.29, 1.82) is 5.26 Å². The van der Waals surface area contributed by atoms with Crippen LogP contribution >= 0.6 is 11.8 Å². The first-order valence-corrected chi connectivity index (χ1v) is 9.99. The summed E-state index contributed by atoms with van der Waals surface area (Å²) in [7, 11) is 1.22. The fraction of sp³-hybridized carbons (Fsp3) is 0.190. The Kier molecular flexibility index (Phi) is 5.26. The summed E-state index contributed by atoms with van der Waals surface area (Å²) in [6, 6.07) is 8.85. The van der Waals surface area contributed by atoms with Crippen molar-refractivity contribution in [2.24, 2.45) is 10.7 Å². The third kappa shape index (κ3) is 3.52. The second kappa shape index (κ2) is 7.80. The molecular formula is C21H15F3N4O3S. The van der Waals surface area contributed by atoms with Crippen LogP contribution < -0.4 is 5.73 Å². The number of carbonyl (C=O) groups excluding carboxylic acids is 1. The summed E-state index contributed by atoms with van der Waals surface area (Å²) in [4.78, 5) is 18.6. The van der Waals surface area contributed by atoms with Gasteiger partial charge in [-0.1, -0.05) is 12.1 Å². The number of hydrogen-bond donors (Lipinski definition) is 1. The Balaban J connectivity index is 1.82. The number of alkyl halides is 3. The summed E-state index contributed by atoms with van der Waals surface area (Å²) in [6.07, 6.45) is -4.50. The van der Waals surface area contributed by atoms with Gasteiger partial charge in [-0.25, -0.2) is 9.79 Å². The Morgan fingerprint density at radius 1 is 1.34 bits per heavy atom. The molecule has 164 valence electrons. The molecular weight excluding hydrogens is 445 g/mol. The van der Waals surface area contributed by atoms with Crippen LogP contribution in [0, 0.1) is 11.3 Å². The molecule has 4 rings (SSSR count). The zero-order valence-corrected chi connectivity index (χ0v) is 17.5. The number of benzene rings is 1. The molecule has 0 saturated heterocycles. The summed E-state index contributed by atoms with van der Waals surface area (Å²) >= 11 is 1.05. The van der Waals surface area contributed by atoms with E-state index in [1.54, 1.807) is 13.0 Å². The minimum atomic E-state index is -4.50. The van der Waals surface area contributed by atoms with Crippen molar-refractivity contribution in [2.45, 2.75) is 19.1 Å². The van der Waals surface area contributed by atoms with Crippen molar-refractivity contribution < 1.29 is 27.1 Å². The van der Waals surface area contributed by atoms with Crippen molar-refractivity contribution in [3.63, 3.8) is 0 Å². The van der Waals surface area contributed by atoms with Crippen LogP contribution in [-0.4, -0.2) is 23.1 Å². The molecule has 7 nitrogen and oxygen atoms in total. The van der Waals surface area contributed by atoms with E-state index in [0.29, 0.717) is 10.9 Å². The van der Waals surface area contributed by atoms with Gasteiger partial charge in [-0.15, -0.1) is 0 Å². The molecule has 0 spiro atoms. The van der Waals surface area contributed by atoms with Gasteiger partial charge in [0, 0.05) is 5.56 Å². The van der Waals surface area contributed by atoms with Crippen molar-refractivity contribution in [2.75, 3.05) is 7.11 Å². The maximum Gasteiger partial charge on any atom is 0.416 e. The minimum Gasteiger partial charge on any atom is -0.466 e. The quantitative estimate of drug-likeness (QED) is 0.672. The monoisotopic (exact) mass is 460 g/mol. The number of nitrogens with two attached hydrogens (primary N) is 1. The first-order valence-electron chi connectivity index (χ1n) is 9.17. The molecule has 0 bridgehead atoms. The molecule has 2 aromatic rings. The van der Waals surface area contributed by atoms with Crippen molar-refractivity contribution in [3.05, 3.63) is 69.7 Å². The van der Waals surface area contributed by atoms with Crippen molar-refractivity contribution in [1.82, 2.24) is 4.90 Å². The van der Waals surface area contributed by atoms with Gasteiger partial charge in [-0.05, 0) is 43.0 Å². The van der Waals surface area contributed by atoms with Crippen molar-refractivity contribution >= 4 is 22.9 Å². The normalized spacial score (nSPS) is 18.4. The van der Waals surface area contributed by atoms with Crippen LogP contribution in [0.4, 0.5) is 13.2 Å². The third-order valence-electron chi connectivity index (χ3n) is 4.95. The van der Waals surface area contributed by atoms with E-state index in [1.165, 1.54) is 30.2 Å². The summed E-state index contributed by atoms with van der Waals surface area (Å²) in [5.41, 5.74) is 6.04. The van der Waals surface area contributed by atoms with Gasteiger partial charge < -0.3 is 14.9 Å². The smallest absolute Gasteiger partial charge is 0.416 e. The molecule has 1 aromatic heterocycles. The number of thioether (sulfide) groups is 1. The topological polar surface area (TPSA) is 105 Å². The van der Waals surface area contributed by atoms with E-state index < -0.39 is 23.8 Å². The molecule has 0 aliphatic carbocycles. The Labute approximate surface area is 184 Å². The molecule has 0 radical (unpaired) electrons. The number of allylic oxidation sites excluding steroid dienone is 2. The lowest BCUT2D eigenvalue weighted by molar-refractivity contribution is -0.138. The SMILES string of the molecule is COC(=O)C1=C(C)N=C2SC(C#N)=C(N)N2[C@@H]1c1ccc(-c2cccc(C(F)(F)F)c2)o1. The van der Waals surface area contributed by atoms with E-state index in [1.807, 2.05) is 6.07 Å². The molecule has 2 N–H and O–H groups in total. The molecule has 0 fully saturated rings. The lowest BCUT2D eigenvalue weighted by Gasteiger charge is -2.33. The maximum absolute atomic E-state index is 13.1. The molecule has 2 aliphatic rings. The van der Waals surface area contributed by atoms with Gasteiger partial charge in [0.2, 0.25) is 0 Å². The van der Waals surface area contributed by atoms with Crippen LogP contribution in [0.2, 0.25) is 0 Å². The second-order valence-corrected chi connectivity index (χ2v) is 7.84. The number of fused-ring (bicyclic) bond motifs is 1. The Hall–Kier alpha value is -3.65. The van der Waals surface area contributed by atoms with E-state index in [9.17, 15) is 23.2 Å². The lowest BCUT2D eigenvalue weighted by Crippen LogP contribution is -2.38. The Bertz CT molecular complexity index is 1250. The summed E-state index contributed by atoms with van der Waals surface area (Å²) in [5.74, 6) is -0.179. The zero-order chi connectivity index (χ0) is 23.2. The fourth-order valence-corrected chi connectivity index (χ4v) is 4.40. The number of methoxy groups -OCH3 is 1. The highest BCUT2D eigenvalue weighted by atomic mass is 32.2. The Morgan fingerprint density at radius 3 is 2.75 bits per heavy atom. The van der Waals surface area contributed by atoms with Crippen LogP contribution in [0.25, 0.3) is 11.3 Å². The highest BCUT2D eigenvalue weighted by molar-refractivity contribution is 8.17. The minimum absolute atomic E-state index is 0.0900. The number of nitrogens with zero attached hydrogens (tertiary/aromatic N) is 3. The molecule has 3 heterocycles. The Morgan fingerprint density at radius 2 is 2.09 bits per heavy atom. The van der Waals surface area contributed by atoms with E-state index in [2.05, 4.69) is 4.99 Å². The van der Waals surface area contributed by atoms with E-state index in [4.69, 9.17) is 14.9 Å². The number of rotatable bonds is 3. The standard InChI is InChI=1S/C21H15F3N4O3S/c1-10-16(19(29)30-2)17(28-18(26)15(9-25)32-20(28)27-10)14-7-6-13(31-14)11-4-3-5-12(8-11)21(22,23)24/h3-8,17H,26H2,1-2H3/t17-/m1/s1. The van der Waals surface area contributed by atoms with Crippen LogP contribution in [-0.2, 0) is 15.7 Å². The van der Waals surface area contributed by atoms with Gasteiger partial charge in [0.1, 0.15) is 34.4 Å². The number of halogens is 3. The van der Waals surface area contributed by atoms with Gasteiger partial charge >= 0.3 is 12.1 Å². The van der Waals surface area contributed by atoms with Crippen molar-refractivity contribution in [3.8, 4) is 17.4 Å². The molecule has 11 heteroatoms. The summed E-state index contributed by atoms with van der Waals surface area (Å²) < 4.78 is 50.1. The highest BCUT2D eigenvalue weighted by Gasteiger charge is 2.44. The largest absolute Gasteiger partial charge is 0.466 e. The predicted octanol–water partition coefficient (Wildman–Crippen LogP) is 4.52. The third-order valence-corrected chi connectivity index (χ3v) is 5.93. The molecule has 0 saturated carbocycles. The van der Waals surface area contributed by atoms with Gasteiger partial charge in [0.25, 0.3) is 0 Å². The number of esters is 1. The first kappa shape index (κ1) is 21.6. The molecule has 0 amide bonds. The maximum atomic E-state index is 13.1. The molecule has 2 aliphatic heterocycles. The number of nitriles is 1. The predicted molar refractivity (Wildman–Crippen MR) is 110 cm³/mol. The lowest BCUT2D eigenvalue weighted by atomic mass is 10.00. The van der Waals surface area contributed by atoms with Gasteiger partial charge in [0.05, 0.1) is 23.9 Å². The summed E-state index contributed by atoms with van der Waals surface area (Å²) in [5, 5.41) is 9.74. The van der Waals surface area contributed by atoms with E-state index >= 15 is 0 Å². The zero-order valence-electron chi connectivity index (χ0n) is 16.7. The highest BCUT2D eigenvalue weighted by Crippen LogP contribution is 2.46. The van der Waals surface area contributed by atoms with E-state index in [-0.39, 0.29) is 33.4 Å².